The Bertz CT molecular complexity index is 481. The molecule has 1 N–H and O–H groups in total. The molecule has 3 nitrogen and oxygen atoms in total. The molecule has 0 saturated carbocycles. The number of alkyl halides is 1. The van der Waals surface area contributed by atoms with E-state index in [1.54, 1.807) is 13.0 Å². The van der Waals surface area contributed by atoms with Crippen LogP contribution in [0.1, 0.15) is 44.0 Å². The van der Waals surface area contributed by atoms with Crippen LogP contribution in [0.2, 0.25) is 0 Å². The van der Waals surface area contributed by atoms with Crippen LogP contribution < -0.4 is 14.8 Å². The summed E-state index contributed by atoms with van der Waals surface area (Å²) in [7, 11) is 0. The number of hydrogen-bond acceptors (Lipinski definition) is 3. The molecular formula is C15H20FNO2. The Hall–Kier alpha value is -1.29. The molecule has 3 rings (SSSR count). The van der Waals surface area contributed by atoms with Gasteiger partial charge in [-0.1, -0.05) is 0 Å². The van der Waals surface area contributed by atoms with Gasteiger partial charge in [-0.05, 0) is 50.9 Å². The lowest BCUT2D eigenvalue weighted by Crippen LogP contribution is -2.34. The highest BCUT2D eigenvalue weighted by Crippen LogP contribution is 2.44. The fourth-order valence-corrected chi connectivity index (χ4v) is 2.94. The second-order valence-corrected chi connectivity index (χ2v) is 5.57. The maximum absolute atomic E-state index is 13.7. The van der Waals surface area contributed by atoms with Crippen molar-refractivity contribution in [2.24, 2.45) is 0 Å². The van der Waals surface area contributed by atoms with Gasteiger partial charge < -0.3 is 14.8 Å². The highest BCUT2D eigenvalue weighted by molar-refractivity contribution is 5.53. The van der Waals surface area contributed by atoms with E-state index >= 15 is 0 Å². The van der Waals surface area contributed by atoms with Crippen molar-refractivity contribution in [1.82, 2.24) is 5.32 Å². The molecule has 2 atom stereocenters. The lowest BCUT2D eigenvalue weighted by Gasteiger charge is -2.31. The molecule has 2 heterocycles. The average Bonchev–Trinajstić information content (AvgIpc) is 2.85. The van der Waals surface area contributed by atoms with Gasteiger partial charge in [0, 0.05) is 11.1 Å². The van der Waals surface area contributed by atoms with Gasteiger partial charge in [0.25, 0.3) is 0 Å². The van der Waals surface area contributed by atoms with Crippen LogP contribution in [0.15, 0.2) is 12.1 Å². The van der Waals surface area contributed by atoms with E-state index in [-0.39, 0.29) is 5.54 Å². The van der Waals surface area contributed by atoms with Crippen molar-refractivity contribution >= 4 is 0 Å². The average molecular weight is 265 g/mol. The van der Waals surface area contributed by atoms with Crippen LogP contribution in [0.5, 0.6) is 11.5 Å². The standard InChI is InChI=1S/C15H20FNO2/c1-10(16)11-8-12(15(2)4-3-5-17-15)14-13(9-11)18-6-7-19-14/h8-10,17H,3-7H2,1-2H3. The molecule has 1 saturated heterocycles. The molecule has 2 aliphatic rings. The van der Waals surface area contributed by atoms with Crippen LogP contribution in [0.4, 0.5) is 4.39 Å². The fraction of sp³-hybridized carbons (Fsp3) is 0.600. The molecule has 0 aliphatic carbocycles. The SMILES string of the molecule is CC(F)c1cc2c(c(C3(C)CCCN3)c1)OCCO2. The van der Waals surface area contributed by atoms with Gasteiger partial charge in [0.1, 0.15) is 19.4 Å². The molecule has 0 spiro atoms. The Morgan fingerprint density at radius 2 is 2.11 bits per heavy atom. The first kappa shape index (κ1) is 12.7. The van der Waals surface area contributed by atoms with Gasteiger partial charge in [-0.3, -0.25) is 0 Å². The number of halogens is 1. The molecule has 0 aromatic heterocycles. The maximum atomic E-state index is 13.7. The largest absolute Gasteiger partial charge is 0.486 e. The van der Waals surface area contributed by atoms with Gasteiger partial charge in [-0.25, -0.2) is 4.39 Å². The van der Waals surface area contributed by atoms with E-state index in [9.17, 15) is 4.39 Å². The summed E-state index contributed by atoms with van der Waals surface area (Å²) >= 11 is 0. The second kappa shape index (κ2) is 4.67. The van der Waals surface area contributed by atoms with E-state index in [2.05, 4.69) is 12.2 Å². The van der Waals surface area contributed by atoms with Gasteiger partial charge >= 0.3 is 0 Å². The Labute approximate surface area is 113 Å². The van der Waals surface area contributed by atoms with Crippen molar-refractivity contribution in [2.75, 3.05) is 19.8 Å². The summed E-state index contributed by atoms with van der Waals surface area (Å²) in [6, 6.07) is 3.69. The number of rotatable bonds is 2. The molecule has 2 unspecified atom stereocenters. The lowest BCUT2D eigenvalue weighted by atomic mass is 9.87. The second-order valence-electron chi connectivity index (χ2n) is 5.57. The minimum atomic E-state index is -1.00. The summed E-state index contributed by atoms with van der Waals surface area (Å²) in [5.41, 5.74) is 1.55. The highest BCUT2D eigenvalue weighted by Gasteiger charge is 2.35. The van der Waals surface area contributed by atoms with E-state index in [0.29, 0.717) is 24.5 Å². The highest BCUT2D eigenvalue weighted by atomic mass is 19.1. The molecule has 19 heavy (non-hydrogen) atoms. The predicted octanol–water partition coefficient (Wildman–Crippen LogP) is 3.09. The van der Waals surface area contributed by atoms with Crippen LogP contribution in [0.3, 0.4) is 0 Å². The van der Waals surface area contributed by atoms with Crippen LogP contribution in [-0.4, -0.2) is 19.8 Å². The summed E-state index contributed by atoms with van der Waals surface area (Å²) in [6.07, 6.45) is 1.16. The van der Waals surface area contributed by atoms with E-state index in [1.807, 2.05) is 6.07 Å². The lowest BCUT2D eigenvalue weighted by molar-refractivity contribution is 0.165. The van der Waals surface area contributed by atoms with E-state index < -0.39 is 6.17 Å². The van der Waals surface area contributed by atoms with Crippen LogP contribution in [-0.2, 0) is 5.54 Å². The topological polar surface area (TPSA) is 30.5 Å². The minimum absolute atomic E-state index is 0.143. The smallest absolute Gasteiger partial charge is 0.166 e. The van der Waals surface area contributed by atoms with Crippen LogP contribution >= 0.6 is 0 Å². The third-order valence-corrected chi connectivity index (χ3v) is 4.09. The van der Waals surface area contributed by atoms with Crippen molar-refractivity contribution in [3.63, 3.8) is 0 Å². The molecule has 0 amide bonds. The zero-order valence-electron chi connectivity index (χ0n) is 11.5. The molecule has 1 aromatic carbocycles. The van der Waals surface area contributed by atoms with Crippen molar-refractivity contribution in [3.05, 3.63) is 23.3 Å². The molecule has 0 radical (unpaired) electrons. The molecular weight excluding hydrogens is 245 g/mol. The van der Waals surface area contributed by atoms with Crippen molar-refractivity contribution in [3.8, 4) is 11.5 Å². The number of hydrogen-bond donors (Lipinski definition) is 1. The van der Waals surface area contributed by atoms with E-state index in [1.165, 1.54) is 0 Å². The van der Waals surface area contributed by atoms with Crippen LogP contribution in [0, 0.1) is 0 Å². The van der Waals surface area contributed by atoms with Gasteiger partial charge in [-0.2, -0.15) is 0 Å². The van der Waals surface area contributed by atoms with E-state index in [0.717, 1.165) is 30.7 Å². The molecule has 1 fully saturated rings. The first-order chi connectivity index (χ1) is 9.10. The summed E-state index contributed by atoms with van der Waals surface area (Å²) in [5, 5.41) is 3.51. The van der Waals surface area contributed by atoms with Crippen molar-refractivity contribution in [2.45, 2.75) is 38.4 Å². The summed E-state index contributed by atoms with van der Waals surface area (Å²) in [6.45, 7) is 5.78. The Kier molecular flexibility index (Phi) is 3.13. The number of nitrogens with one attached hydrogen (secondary N) is 1. The first-order valence-electron chi connectivity index (χ1n) is 6.93. The molecule has 0 bridgehead atoms. The number of ether oxygens (including phenoxy) is 2. The zero-order valence-corrected chi connectivity index (χ0v) is 11.5. The quantitative estimate of drug-likeness (QED) is 0.891. The van der Waals surface area contributed by atoms with Gasteiger partial charge in [0.15, 0.2) is 11.5 Å². The maximum Gasteiger partial charge on any atom is 0.166 e. The summed E-state index contributed by atoms with van der Waals surface area (Å²) in [5.74, 6) is 1.46. The Balaban J connectivity index is 2.12. The van der Waals surface area contributed by atoms with Gasteiger partial charge in [0.2, 0.25) is 0 Å². The van der Waals surface area contributed by atoms with Crippen LogP contribution in [0.25, 0.3) is 0 Å². The Morgan fingerprint density at radius 1 is 1.32 bits per heavy atom. The third-order valence-electron chi connectivity index (χ3n) is 4.09. The molecule has 1 aromatic rings. The minimum Gasteiger partial charge on any atom is -0.486 e. The monoisotopic (exact) mass is 265 g/mol. The molecule has 4 heteroatoms. The van der Waals surface area contributed by atoms with Crippen molar-refractivity contribution < 1.29 is 13.9 Å². The van der Waals surface area contributed by atoms with Crippen molar-refractivity contribution in [1.29, 1.82) is 0 Å². The third kappa shape index (κ3) is 2.18. The fourth-order valence-electron chi connectivity index (χ4n) is 2.94. The Morgan fingerprint density at radius 3 is 2.79 bits per heavy atom. The number of fused-ring (bicyclic) bond motifs is 1. The zero-order chi connectivity index (χ0) is 13.5. The summed E-state index contributed by atoms with van der Waals surface area (Å²) in [4.78, 5) is 0. The van der Waals surface area contributed by atoms with Gasteiger partial charge in [0.05, 0.1) is 0 Å². The normalized spacial score (nSPS) is 27.3. The summed E-state index contributed by atoms with van der Waals surface area (Å²) < 4.78 is 25.1. The molecule has 104 valence electrons. The van der Waals surface area contributed by atoms with E-state index in [4.69, 9.17) is 9.47 Å². The first-order valence-corrected chi connectivity index (χ1v) is 6.93. The van der Waals surface area contributed by atoms with Gasteiger partial charge in [-0.15, -0.1) is 0 Å². The molecule has 2 aliphatic heterocycles. The predicted molar refractivity (Wildman–Crippen MR) is 71.5 cm³/mol. The number of benzene rings is 1.